The van der Waals surface area contributed by atoms with Crippen LogP contribution in [-0.4, -0.2) is 18.0 Å². The fraction of sp³-hybridized carbons (Fsp3) is 0.562. The molecular formula is C16H24N2O. The van der Waals surface area contributed by atoms with Gasteiger partial charge >= 0.3 is 0 Å². The predicted octanol–water partition coefficient (Wildman–Crippen LogP) is 2.96. The highest BCUT2D eigenvalue weighted by Gasteiger charge is 2.26. The number of fused-ring (bicyclic) bond motifs is 1. The van der Waals surface area contributed by atoms with Gasteiger partial charge in [-0.25, -0.2) is 0 Å². The van der Waals surface area contributed by atoms with E-state index >= 15 is 0 Å². The Morgan fingerprint density at radius 1 is 1.32 bits per heavy atom. The average Bonchev–Trinajstić information content (AvgIpc) is 2.80. The van der Waals surface area contributed by atoms with Gasteiger partial charge in [-0.05, 0) is 37.3 Å². The first-order valence-corrected chi connectivity index (χ1v) is 7.21. The van der Waals surface area contributed by atoms with Crippen LogP contribution in [0, 0.1) is 5.92 Å². The summed E-state index contributed by atoms with van der Waals surface area (Å²) in [5, 5.41) is 6.40. The van der Waals surface area contributed by atoms with E-state index in [1.807, 2.05) is 18.2 Å². The molecule has 2 atom stereocenters. The number of benzene rings is 1. The molecule has 0 fully saturated rings. The molecule has 2 N–H and O–H groups in total. The number of carbonyl (C=O) groups excluding carboxylic acids is 1. The smallest absolute Gasteiger partial charge is 0.243 e. The lowest BCUT2D eigenvalue weighted by atomic mass is 10.0. The molecule has 1 heterocycles. The summed E-state index contributed by atoms with van der Waals surface area (Å²) in [5.74, 6) is 0.806. The Hall–Kier alpha value is -1.51. The molecule has 0 bridgehead atoms. The van der Waals surface area contributed by atoms with Crippen LogP contribution in [0.1, 0.15) is 39.2 Å². The molecule has 1 aromatic carbocycles. The van der Waals surface area contributed by atoms with Crippen molar-refractivity contribution in [3.63, 3.8) is 0 Å². The van der Waals surface area contributed by atoms with Gasteiger partial charge in [-0.15, -0.1) is 0 Å². The minimum absolute atomic E-state index is 0.112. The summed E-state index contributed by atoms with van der Waals surface area (Å²) in [7, 11) is 0. The van der Waals surface area contributed by atoms with Crippen LogP contribution in [0.2, 0.25) is 0 Å². The summed E-state index contributed by atoms with van der Waals surface area (Å²) in [6, 6.07) is 8.27. The monoisotopic (exact) mass is 260 g/mol. The van der Waals surface area contributed by atoms with Crippen molar-refractivity contribution >= 4 is 11.6 Å². The summed E-state index contributed by atoms with van der Waals surface area (Å²) in [5.41, 5.74) is 2.33. The van der Waals surface area contributed by atoms with Gasteiger partial charge in [-0.2, -0.15) is 0 Å². The number of nitrogens with one attached hydrogen (secondary N) is 2. The van der Waals surface area contributed by atoms with Gasteiger partial charge in [0.1, 0.15) is 6.04 Å². The minimum atomic E-state index is -0.112. The molecule has 0 saturated carbocycles. The lowest BCUT2D eigenvalue weighted by molar-refractivity contribution is -0.122. The van der Waals surface area contributed by atoms with Gasteiger partial charge in [0.05, 0.1) is 0 Å². The van der Waals surface area contributed by atoms with Crippen molar-refractivity contribution in [2.24, 2.45) is 5.92 Å². The van der Waals surface area contributed by atoms with Crippen molar-refractivity contribution in [1.29, 1.82) is 0 Å². The summed E-state index contributed by atoms with van der Waals surface area (Å²) < 4.78 is 0. The van der Waals surface area contributed by atoms with Crippen molar-refractivity contribution in [3.8, 4) is 0 Å². The van der Waals surface area contributed by atoms with Crippen LogP contribution in [0.25, 0.3) is 0 Å². The van der Waals surface area contributed by atoms with E-state index in [-0.39, 0.29) is 18.0 Å². The van der Waals surface area contributed by atoms with Gasteiger partial charge in [0, 0.05) is 18.2 Å². The highest BCUT2D eigenvalue weighted by atomic mass is 16.2. The fourth-order valence-corrected chi connectivity index (χ4v) is 2.45. The van der Waals surface area contributed by atoms with Crippen LogP contribution in [0.4, 0.5) is 5.69 Å². The molecule has 3 nitrogen and oxygen atoms in total. The third-order valence-electron chi connectivity index (χ3n) is 3.65. The molecule has 2 rings (SSSR count). The largest absolute Gasteiger partial charge is 0.373 e. The number of carbonyl (C=O) groups is 1. The molecule has 104 valence electrons. The third-order valence-corrected chi connectivity index (χ3v) is 3.65. The van der Waals surface area contributed by atoms with Crippen molar-refractivity contribution in [1.82, 2.24) is 5.32 Å². The first-order valence-electron chi connectivity index (χ1n) is 7.21. The maximum absolute atomic E-state index is 12.2. The molecule has 19 heavy (non-hydrogen) atoms. The number of hydrogen-bond donors (Lipinski definition) is 2. The van der Waals surface area contributed by atoms with E-state index in [1.54, 1.807) is 0 Å². The molecular weight excluding hydrogens is 236 g/mol. The molecule has 0 spiro atoms. The third kappa shape index (κ3) is 3.72. The highest BCUT2D eigenvalue weighted by molar-refractivity contribution is 5.87. The number of amides is 1. The van der Waals surface area contributed by atoms with Crippen LogP contribution in [0.5, 0.6) is 0 Å². The van der Waals surface area contributed by atoms with E-state index in [2.05, 4.69) is 37.5 Å². The van der Waals surface area contributed by atoms with Crippen molar-refractivity contribution in [3.05, 3.63) is 29.8 Å². The van der Waals surface area contributed by atoms with Crippen molar-refractivity contribution in [2.45, 2.75) is 52.1 Å². The van der Waals surface area contributed by atoms with Gasteiger partial charge in [-0.1, -0.05) is 32.0 Å². The fourth-order valence-electron chi connectivity index (χ4n) is 2.45. The molecule has 2 unspecified atom stereocenters. The zero-order valence-electron chi connectivity index (χ0n) is 12.1. The molecule has 1 aliphatic heterocycles. The van der Waals surface area contributed by atoms with Gasteiger partial charge in [0.25, 0.3) is 0 Å². The average molecular weight is 260 g/mol. The zero-order valence-corrected chi connectivity index (χ0v) is 12.1. The van der Waals surface area contributed by atoms with E-state index in [0.29, 0.717) is 5.92 Å². The number of hydrogen-bond acceptors (Lipinski definition) is 2. The van der Waals surface area contributed by atoms with E-state index in [4.69, 9.17) is 0 Å². The quantitative estimate of drug-likeness (QED) is 0.854. The predicted molar refractivity (Wildman–Crippen MR) is 79.2 cm³/mol. The Balaban J connectivity index is 1.82. The first-order chi connectivity index (χ1) is 9.06. The molecule has 1 aromatic rings. The molecule has 1 amide bonds. The lowest BCUT2D eigenvalue weighted by Crippen LogP contribution is -2.42. The topological polar surface area (TPSA) is 41.1 Å². The number of rotatable bonds is 5. The maximum atomic E-state index is 12.2. The first kappa shape index (κ1) is 13.9. The van der Waals surface area contributed by atoms with Crippen LogP contribution in [0.3, 0.4) is 0 Å². The molecule has 0 aliphatic carbocycles. The molecule has 3 heteroatoms. The second kappa shape index (κ2) is 6.09. The van der Waals surface area contributed by atoms with Crippen molar-refractivity contribution in [2.75, 3.05) is 5.32 Å². The molecule has 0 radical (unpaired) electrons. The van der Waals surface area contributed by atoms with Crippen LogP contribution in [0.15, 0.2) is 24.3 Å². The summed E-state index contributed by atoms with van der Waals surface area (Å²) in [6.45, 7) is 6.51. The van der Waals surface area contributed by atoms with Gasteiger partial charge < -0.3 is 10.6 Å². The van der Waals surface area contributed by atoms with E-state index in [0.717, 1.165) is 24.9 Å². The highest BCUT2D eigenvalue weighted by Crippen LogP contribution is 2.25. The summed E-state index contributed by atoms with van der Waals surface area (Å²) in [6.07, 6.45) is 2.99. The number of para-hydroxylation sites is 1. The van der Waals surface area contributed by atoms with Crippen LogP contribution >= 0.6 is 0 Å². The second-order valence-corrected chi connectivity index (χ2v) is 5.94. The molecule has 0 aromatic heterocycles. The van der Waals surface area contributed by atoms with E-state index < -0.39 is 0 Å². The number of anilines is 1. The van der Waals surface area contributed by atoms with Gasteiger partial charge in [0.2, 0.25) is 5.91 Å². The molecule has 1 aliphatic rings. The maximum Gasteiger partial charge on any atom is 0.243 e. The Morgan fingerprint density at radius 2 is 2.05 bits per heavy atom. The van der Waals surface area contributed by atoms with E-state index in [9.17, 15) is 4.79 Å². The standard InChI is InChI=1S/C16H24N2O/c1-11(2)8-9-12(3)17-16(19)15-10-13-6-4-5-7-14(13)18-15/h4-7,11-12,15,18H,8-10H2,1-3H3,(H,17,19). The Bertz CT molecular complexity index is 417. The van der Waals surface area contributed by atoms with E-state index in [1.165, 1.54) is 5.56 Å². The summed E-state index contributed by atoms with van der Waals surface area (Å²) in [4.78, 5) is 12.2. The zero-order chi connectivity index (χ0) is 13.8. The lowest BCUT2D eigenvalue weighted by Gasteiger charge is -2.18. The molecule has 0 saturated heterocycles. The Morgan fingerprint density at radius 3 is 2.74 bits per heavy atom. The van der Waals surface area contributed by atoms with Crippen molar-refractivity contribution < 1.29 is 4.79 Å². The summed E-state index contributed by atoms with van der Waals surface area (Å²) >= 11 is 0. The SMILES string of the molecule is CC(C)CCC(C)NC(=O)C1Cc2ccccc2N1. The second-order valence-electron chi connectivity index (χ2n) is 5.94. The van der Waals surface area contributed by atoms with Crippen LogP contribution < -0.4 is 10.6 Å². The Labute approximate surface area is 115 Å². The van der Waals surface area contributed by atoms with Gasteiger partial charge in [0.15, 0.2) is 0 Å². The Kier molecular flexibility index (Phi) is 4.46. The minimum Gasteiger partial charge on any atom is -0.373 e. The normalized spacial score (nSPS) is 18.8. The van der Waals surface area contributed by atoms with Gasteiger partial charge in [-0.3, -0.25) is 4.79 Å². The van der Waals surface area contributed by atoms with Crippen LogP contribution in [-0.2, 0) is 11.2 Å².